The number of nitrogens with two attached hydrogens (primary N) is 1. The molecule has 3 heterocycles. The molecule has 3 aromatic heterocycles. The molecule has 0 atom stereocenters. The summed E-state index contributed by atoms with van der Waals surface area (Å²) in [5.41, 5.74) is 11.3. The number of nitrogens with zero attached hydrogens (tertiary/aromatic N) is 3. The van der Waals surface area contributed by atoms with Gasteiger partial charge in [0.1, 0.15) is 11.5 Å². The van der Waals surface area contributed by atoms with Crippen molar-refractivity contribution in [3.05, 3.63) is 99.9 Å². The zero-order valence-corrected chi connectivity index (χ0v) is 21.1. The van der Waals surface area contributed by atoms with Crippen LogP contribution in [0.25, 0.3) is 44.3 Å². The molecule has 39 heavy (non-hydrogen) atoms. The highest BCUT2D eigenvalue weighted by Gasteiger charge is 2.25. The van der Waals surface area contributed by atoms with Crippen molar-refractivity contribution in [2.45, 2.75) is 38.2 Å². The van der Waals surface area contributed by atoms with E-state index in [4.69, 9.17) is 5.73 Å². The van der Waals surface area contributed by atoms with Crippen LogP contribution in [-0.4, -0.2) is 24.6 Å². The number of anilines is 1. The first-order chi connectivity index (χ1) is 19.0. The minimum absolute atomic E-state index is 0.0370. The van der Waals surface area contributed by atoms with Gasteiger partial charge in [-0.25, -0.2) is 9.37 Å². The first-order valence-corrected chi connectivity index (χ1v) is 13.1. The number of nitrogens with one attached hydrogen (secondary N) is 1. The average Bonchev–Trinajstić information content (AvgIpc) is 3.71. The smallest absolute Gasteiger partial charge is 0.265 e. The first-order valence-electron chi connectivity index (χ1n) is 13.1. The van der Waals surface area contributed by atoms with Gasteiger partial charge >= 0.3 is 0 Å². The maximum atomic E-state index is 15.2. The van der Waals surface area contributed by atoms with Gasteiger partial charge in [-0.05, 0) is 72.4 Å². The van der Waals surface area contributed by atoms with Crippen molar-refractivity contribution >= 4 is 33.3 Å². The number of hydrogen-bond acceptors (Lipinski definition) is 5. The van der Waals surface area contributed by atoms with Crippen LogP contribution in [0.1, 0.15) is 48.4 Å². The second kappa shape index (κ2) is 9.03. The summed E-state index contributed by atoms with van der Waals surface area (Å²) in [7, 11) is 0. The van der Waals surface area contributed by atoms with Crippen LogP contribution < -0.4 is 11.3 Å². The number of pyridine rings is 1. The van der Waals surface area contributed by atoms with E-state index in [0.29, 0.717) is 39.5 Å². The largest absolute Gasteiger partial charge is 0.392 e. The third-order valence-electron chi connectivity index (χ3n) is 7.72. The highest BCUT2D eigenvalue weighted by atomic mass is 19.1. The number of aromatic amines is 1. The number of fused-ring (bicyclic) bond motifs is 2. The van der Waals surface area contributed by atoms with E-state index in [2.05, 4.69) is 27.1 Å². The summed E-state index contributed by atoms with van der Waals surface area (Å²) in [6, 6.07) is 12.5. The number of aliphatic hydroxyl groups excluding tert-OH is 1. The summed E-state index contributed by atoms with van der Waals surface area (Å²) in [6.45, 7) is -0.363. The number of aliphatic hydroxyl groups is 1. The summed E-state index contributed by atoms with van der Waals surface area (Å²) in [5, 5.41) is 11.9. The lowest BCUT2D eigenvalue weighted by molar-refractivity contribution is 0.282. The lowest BCUT2D eigenvalue weighted by atomic mass is 9.99. The predicted molar refractivity (Wildman–Crippen MR) is 151 cm³/mol. The van der Waals surface area contributed by atoms with Crippen molar-refractivity contribution in [3.63, 3.8) is 0 Å². The van der Waals surface area contributed by atoms with Crippen LogP contribution in [-0.2, 0) is 6.61 Å². The Balaban J connectivity index is 1.41. The molecule has 2 aromatic carbocycles. The summed E-state index contributed by atoms with van der Waals surface area (Å²) in [6.07, 6.45) is 11.8. The molecule has 7 rings (SSSR count). The third kappa shape index (κ3) is 3.95. The van der Waals surface area contributed by atoms with Gasteiger partial charge in [-0.2, -0.15) is 4.98 Å². The number of benzene rings is 2. The van der Waals surface area contributed by atoms with Gasteiger partial charge in [0, 0.05) is 28.4 Å². The van der Waals surface area contributed by atoms with Crippen molar-refractivity contribution in [2.75, 3.05) is 5.73 Å². The SMILES string of the molecule is Nc1nc(-c2cccc(-n3ccc4cc(C5CC5)cc(F)c4c3=O)c2CO)c2cc(C3=CC=CCC3)[nH]c2n1. The fourth-order valence-corrected chi connectivity index (χ4v) is 5.61. The van der Waals surface area contributed by atoms with E-state index in [-0.39, 0.29) is 17.9 Å². The number of hydrogen-bond donors (Lipinski definition) is 3. The molecule has 8 heteroatoms. The van der Waals surface area contributed by atoms with Gasteiger partial charge in [-0.15, -0.1) is 0 Å². The van der Waals surface area contributed by atoms with Gasteiger partial charge in [0.2, 0.25) is 5.95 Å². The molecule has 0 unspecified atom stereocenters. The second-order valence-corrected chi connectivity index (χ2v) is 10.2. The molecule has 7 nitrogen and oxygen atoms in total. The van der Waals surface area contributed by atoms with Gasteiger partial charge in [0.25, 0.3) is 5.56 Å². The fourth-order valence-electron chi connectivity index (χ4n) is 5.61. The molecule has 0 spiro atoms. The van der Waals surface area contributed by atoms with Gasteiger partial charge in [-0.3, -0.25) is 9.36 Å². The van der Waals surface area contributed by atoms with Gasteiger partial charge in [-0.1, -0.05) is 36.4 Å². The molecule has 2 aliphatic carbocycles. The number of aromatic nitrogens is 4. The zero-order valence-electron chi connectivity index (χ0n) is 21.1. The van der Waals surface area contributed by atoms with E-state index >= 15 is 4.39 Å². The quantitative estimate of drug-likeness (QED) is 0.274. The molecular weight excluding hydrogens is 493 g/mol. The molecule has 4 N–H and O–H groups in total. The predicted octanol–water partition coefficient (Wildman–Crippen LogP) is 5.75. The summed E-state index contributed by atoms with van der Waals surface area (Å²) >= 11 is 0. The average molecular weight is 520 g/mol. The van der Waals surface area contributed by atoms with E-state index in [9.17, 15) is 9.90 Å². The molecule has 194 valence electrons. The molecule has 2 aliphatic rings. The molecule has 1 saturated carbocycles. The van der Waals surface area contributed by atoms with Crippen molar-refractivity contribution in [3.8, 4) is 16.9 Å². The number of nitrogen functional groups attached to an aromatic ring is 1. The Morgan fingerprint density at radius 2 is 2.03 bits per heavy atom. The molecule has 0 amide bonds. The van der Waals surface area contributed by atoms with Crippen LogP contribution in [0.3, 0.4) is 0 Å². The van der Waals surface area contributed by atoms with Crippen LogP contribution in [0.15, 0.2) is 71.7 Å². The van der Waals surface area contributed by atoms with Crippen molar-refractivity contribution in [2.24, 2.45) is 0 Å². The molecule has 5 aromatic rings. The highest BCUT2D eigenvalue weighted by Crippen LogP contribution is 2.41. The molecular formula is C31H26FN5O2. The monoisotopic (exact) mass is 519 g/mol. The Hall–Kier alpha value is -4.56. The van der Waals surface area contributed by atoms with Crippen LogP contribution in [0, 0.1) is 5.82 Å². The topological polar surface area (TPSA) is 110 Å². The minimum atomic E-state index is -0.521. The van der Waals surface area contributed by atoms with E-state index in [0.717, 1.165) is 47.9 Å². The standard InChI is InChI=1S/C31H26FN5O2/c32-24-14-20(17-9-10-17)13-19-11-12-37(30(39)27(19)24)26-8-4-7-21(23(26)16-38)28-22-15-25(18-5-2-1-3-6-18)34-29(22)36-31(33)35-28/h1-2,4-5,7-8,11-15,17,38H,3,6,9-10,16H2,(H3,33,34,35,36). The Morgan fingerprint density at radius 1 is 1.15 bits per heavy atom. The Morgan fingerprint density at radius 3 is 2.79 bits per heavy atom. The van der Waals surface area contributed by atoms with Gasteiger partial charge in [0.15, 0.2) is 0 Å². The number of rotatable bonds is 5. The minimum Gasteiger partial charge on any atom is -0.392 e. The number of H-pyrrole nitrogens is 1. The lowest BCUT2D eigenvalue weighted by Gasteiger charge is -2.16. The molecule has 0 bridgehead atoms. The second-order valence-electron chi connectivity index (χ2n) is 10.2. The number of halogens is 1. The van der Waals surface area contributed by atoms with Crippen molar-refractivity contribution < 1.29 is 9.50 Å². The molecule has 0 radical (unpaired) electrons. The van der Waals surface area contributed by atoms with Gasteiger partial charge in [0.05, 0.1) is 23.4 Å². The highest BCUT2D eigenvalue weighted by molar-refractivity contribution is 5.95. The Bertz CT molecular complexity index is 1910. The maximum Gasteiger partial charge on any atom is 0.265 e. The number of allylic oxidation sites excluding steroid dienone is 4. The van der Waals surface area contributed by atoms with E-state index in [1.54, 1.807) is 24.4 Å². The van der Waals surface area contributed by atoms with Crippen LogP contribution in [0.2, 0.25) is 0 Å². The van der Waals surface area contributed by atoms with Crippen LogP contribution in [0.5, 0.6) is 0 Å². The van der Waals surface area contributed by atoms with Crippen LogP contribution >= 0.6 is 0 Å². The molecule has 1 fully saturated rings. The molecule has 0 saturated heterocycles. The van der Waals surface area contributed by atoms with Crippen LogP contribution in [0.4, 0.5) is 10.3 Å². The Labute approximate surface area is 223 Å². The van der Waals surface area contributed by atoms with Gasteiger partial charge < -0.3 is 15.8 Å². The zero-order chi connectivity index (χ0) is 26.7. The van der Waals surface area contributed by atoms with Crippen molar-refractivity contribution in [1.29, 1.82) is 0 Å². The summed E-state index contributed by atoms with van der Waals surface area (Å²) in [5.74, 6) is -0.0532. The van der Waals surface area contributed by atoms with E-state index in [1.165, 1.54) is 10.6 Å². The fraction of sp³-hybridized carbons (Fsp3) is 0.194. The third-order valence-corrected chi connectivity index (χ3v) is 7.72. The first kappa shape index (κ1) is 23.5. The Kier molecular flexibility index (Phi) is 5.45. The van der Waals surface area contributed by atoms with E-state index in [1.807, 2.05) is 24.3 Å². The summed E-state index contributed by atoms with van der Waals surface area (Å²) < 4.78 is 16.6. The lowest BCUT2D eigenvalue weighted by Crippen LogP contribution is -2.20. The van der Waals surface area contributed by atoms with Crippen molar-refractivity contribution in [1.82, 2.24) is 19.5 Å². The summed E-state index contributed by atoms with van der Waals surface area (Å²) in [4.78, 5) is 25.9. The maximum absolute atomic E-state index is 15.2. The van der Waals surface area contributed by atoms with E-state index < -0.39 is 11.4 Å². The molecule has 0 aliphatic heterocycles. The normalized spacial score (nSPS) is 15.3.